The summed E-state index contributed by atoms with van der Waals surface area (Å²) in [5.74, 6) is -0.787. The Morgan fingerprint density at radius 3 is 2.70 bits per heavy atom. The van der Waals surface area contributed by atoms with E-state index in [-0.39, 0.29) is 24.3 Å². The Hall–Kier alpha value is -3.13. The molecule has 0 aliphatic carbocycles. The smallest absolute Gasteiger partial charge is 0.271 e. The molecule has 30 heavy (non-hydrogen) atoms. The Kier molecular flexibility index (Phi) is 5.34. The lowest BCUT2D eigenvalue weighted by atomic mass is 9.95. The van der Waals surface area contributed by atoms with Gasteiger partial charge in [0.2, 0.25) is 11.8 Å². The lowest BCUT2D eigenvalue weighted by Crippen LogP contribution is -2.64. The van der Waals surface area contributed by atoms with Crippen molar-refractivity contribution >= 4 is 40.0 Å². The van der Waals surface area contributed by atoms with Gasteiger partial charge in [0.05, 0.1) is 19.6 Å². The third-order valence-corrected chi connectivity index (χ3v) is 6.47. The van der Waals surface area contributed by atoms with Crippen LogP contribution < -0.4 is 10.6 Å². The number of benzene rings is 1. The highest BCUT2D eigenvalue weighted by atomic mass is 32.1. The van der Waals surface area contributed by atoms with Gasteiger partial charge < -0.3 is 20.1 Å². The molecule has 0 radical (unpaired) electrons. The Labute approximate surface area is 178 Å². The summed E-state index contributed by atoms with van der Waals surface area (Å²) in [5, 5.41) is 8.43. The van der Waals surface area contributed by atoms with Crippen molar-refractivity contribution in [2.75, 3.05) is 13.1 Å². The van der Waals surface area contributed by atoms with E-state index in [0.29, 0.717) is 25.3 Å². The third-order valence-electron chi connectivity index (χ3n) is 5.59. The zero-order valence-corrected chi connectivity index (χ0v) is 17.8. The topological polar surface area (TPSA) is 83.4 Å². The number of nitrogens with zero attached hydrogens (tertiary/aromatic N) is 2. The number of likely N-dealkylation sites (N-methyl/N-ethyl adjacent to an activating group) is 1. The lowest BCUT2D eigenvalue weighted by Gasteiger charge is -2.43. The molecule has 3 aromatic rings. The second kappa shape index (κ2) is 7.95. The second-order valence-corrected chi connectivity index (χ2v) is 8.57. The van der Waals surface area contributed by atoms with Crippen LogP contribution in [0.4, 0.5) is 0 Å². The molecule has 3 heterocycles. The molecule has 0 bridgehead atoms. The fraction of sp³-hybridized carbons (Fsp3) is 0.318. The van der Waals surface area contributed by atoms with E-state index in [1.54, 1.807) is 23.2 Å². The fourth-order valence-electron chi connectivity index (χ4n) is 4.01. The second-order valence-electron chi connectivity index (χ2n) is 7.54. The number of thiophene rings is 1. The van der Waals surface area contributed by atoms with Gasteiger partial charge in [-0.1, -0.05) is 24.3 Å². The number of hydrogen-bond acceptors (Lipinski definition) is 4. The van der Waals surface area contributed by atoms with Crippen molar-refractivity contribution in [1.29, 1.82) is 0 Å². The molecule has 156 valence electrons. The van der Waals surface area contributed by atoms with Crippen LogP contribution in [-0.2, 0) is 22.7 Å². The van der Waals surface area contributed by atoms with E-state index in [9.17, 15) is 14.4 Å². The van der Waals surface area contributed by atoms with Gasteiger partial charge in [-0.2, -0.15) is 0 Å². The van der Waals surface area contributed by atoms with E-state index < -0.39 is 5.54 Å². The van der Waals surface area contributed by atoms with Crippen LogP contribution in [0.3, 0.4) is 0 Å². The minimum atomic E-state index is -1.09. The summed E-state index contributed by atoms with van der Waals surface area (Å²) in [6.07, 6.45) is 0. The van der Waals surface area contributed by atoms with Crippen molar-refractivity contribution in [3.05, 3.63) is 58.4 Å². The van der Waals surface area contributed by atoms with Gasteiger partial charge in [0.25, 0.3) is 5.91 Å². The van der Waals surface area contributed by atoms with E-state index in [1.807, 2.05) is 59.3 Å². The quantitative estimate of drug-likeness (QED) is 0.637. The van der Waals surface area contributed by atoms with Crippen LogP contribution in [0.5, 0.6) is 0 Å². The standard InChI is InChI=1S/C22H24N4O3S/c1-3-26-20(28)18-11-15-7-4-5-9-17(15)25(18)14-22(26,2)21(29)24-13-19(27)23-12-16-8-6-10-30-16/h4-11H,3,12-14H2,1-2H3,(H,23,27)(H,24,29)/t22-/m0/s1. The Morgan fingerprint density at radius 1 is 1.17 bits per heavy atom. The highest BCUT2D eigenvalue weighted by Gasteiger charge is 2.46. The van der Waals surface area contributed by atoms with Crippen LogP contribution in [-0.4, -0.2) is 45.8 Å². The van der Waals surface area contributed by atoms with Crippen LogP contribution in [0, 0.1) is 0 Å². The largest absolute Gasteiger partial charge is 0.350 e. The van der Waals surface area contributed by atoms with Gasteiger partial charge >= 0.3 is 0 Å². The number of carbonyl (C=O) groups is 3. The van der Waals surface area contributed by atoms with Crippen LogP contribution in [0.1, 0.15) is 29.2 Å². The first-order chi connectivity index (χ1) is 14.4. The summed E-state index contributed by atoms with van der Waals surface area (Å²) < 4.78 is 1.90. The van der Waals surface area contributed by atoms with Crippen LogP contribution in [0.25, 0.3) is 10.9 Å². The van der Waals surface area contributed by atoms with Gasteiger partial charge in [-0.25, -0.2) is 0 Å². The predicted molar refractivity (Wildman–Crippen MR) is 116 cm³/mol. The Balaban J connectivity index is 1.50. The molecule has 8 heteroatoms. The SMILES string of the molecule is CCN1C(=O)c2cc3ccccc3n2C[C@@]1(C)C(=O)NCC(=O)NCc1cccs1. The van der Waals surface area contributed by atoms with Crippen molar-refractivity contribution in [3.8, 4) is 0 Å². The molecule has 7 nitrogen and oxygen atoms in total. The number of aromatic nitrogens is 1. The molecule has 1 aromatic carbocycles. The summed E-state index contributed by atoms with van der Waals surface area (Å²) in [7, 11) is 0. The number of fused-ring (bicyclic) bond motifs is 3. The molecule has 3 amide bonds. The third kappa shape index (κ3) is 3.47. The Morgan fingerprint density at radius 2 is 1.97 bits per heavy atom. The molecule has 1 aliphatic rings. The number of para-hydroxylation sites is 1. The molecule has 0 fully saturated rings. The van der Waals surface area contributed by atoms with Crippen molar-refractivity contribution < 1.29 is 14.4 Å². The molecule has 2 aromatic heterocycles. The first kappa shape index (κ1) is 20.2. The van der Waals surface area contributed by atoms with E-state index in [0.717, 1.165) is 15.8 Å². The van der Waals surface area contributed by atoms with Gasteiger partial charge in [0.15, 0.2) is 0 Å². The maximum Gasteiger partial charge on any atom is 0.271 e. The Bertz CT molecular complexity index is 1100. The first-order valence-electron chi connectivity index (χ1n) is 9.91. The lowest BCUT2D eigenvalue weighted by molar-refractivity contribution is -0.134. The number of amides is 3. The number of rotatable bonds is 6. The van der Waals surface area contributed by atoms with Crippen LogP contribution in [0.2, 0.25) is 0 Å². The summed E-state index contributed by atoms with van der Waals surface area (Å²) in [6, 6.07) is 13.5. The number of hydrogen-bond donors (Lipinski definition) is 2. The van der Waals surface area contributed by atoms with E-state index >= 15 is 0 Å². The molecular formula is C22H24N4O3S. The summed E-state index contributed by atoms with van der Waals surface area (Å²) >= 11 is 1.56. The predicted octanol–water partition coefficient (Wildman–Crippen LogP) is 2.37. The molecule has 0 saturated heterocycles. The van der Waals surface area contributed by atoms with E-state index in [2.05, 4.69) is 10.6 Å². The zero-order valence-electron chi connectivity index (χ0n) is 17.0. The van der Waals surface area contributed by atoms with Gasteiger partial charge in [0, 0.05) is 22.3 Å². The van der Waals surface area contributed by atoms with Gasteiger partial charge in [-0.05, 0) is 37.4 Å². The van der Waals surface area contributed by atoms with Crippen molar-refractivity contribution in [3.63, 3.8) is 0 Å². The van der Waals surface area contributed by atoms with Gasteiger partial charge in [-0.15, -0.1) is 11.3 Å². The first-order valence-corrected chi connectivity index (χ1v) is 10.8. The maximum absolute atomic E-state index is 13.2. The van der Waals surface area contributed by atoms with Crippen molar-refractivity contribution in [2.45, 2.75) is 32.5 Å². The molecule has 2 N–H and O–H groups in total. The maximum atomic E-state index is 13.2. The molecular weight excluding hydrogens is 400 g/mol. The molecule has 1 aliphatic heterocycles. The minimum absolute atomic E-state index is 0.134. The average Bonchev–Trinajstić information content (AvgIpc) is 3.39. The zero-order chi connectivity index (χ0) is 21.3. The van der Waals surface area contributed by atoms with Gasteiger partial charge in [0.1, 0.15) is 11.2 Å². The van der Waals surface area contributed by atoms with Crippen LogP contribution >= 0.6 is 11.3 Å². The van der Waals surface area contributed by atoms with Crippen LogP contribution in [0.15, 0.2) is 47.8 Å². The monoisotopic (exact) mass is 424 g/mol. The molecule has 4 rings (SSSR count). The summed E-state index contributed by atoms with van der Waals surface area (Å²) in [5.41, 5.74) is 0.413. The van der Waals surface area contributed by atoms with E-state index in [4.69, 9.17) is 0 Å². The summed E-state index contributed by atoms with van der Waals surface area (Å²) in [6.45, 7) is 4.64. The molecule has 0 spiro atoms. The highest BCUT2D eigenvalue weighted by molar-refractivity contribution is 7.09. The molecule has 0 saturated carbocycles. The molecule has 1 atom stereocenters. The van der Waals surface area contributed by atoms with Crippen molar-refractivity contribution in [1.82, 2.24) is 20.1 Å². The summed E-state index contributed by atoms with van der Waals surface area (Å²) in [4.78, 5) is 41.1. The van der Waals surface area contributed by atoms with Crippen molar-refractivity contribution in [2.24, 2.45) is 0 Å². The minimum Gasteiger partial charge on any atom is -0.350 e. The van der Waals surface area contributed by atoms with Gasteiger partial charge in [-0.3, -0.25) is 14.4 Å². The fourth-order valence-corrected chi connectivity index (χ4v) is 4.66. The molecule has 0 unspecified atom stereocenters. The average molecular weight is 425 g/mol. The van der Waals surface area contributed by atoms with E-state index in [1.165, 1.54) is 0 Å². The number of nitrogens with one attached hydrogen (secondary N) is 2. The number of carbonyl (C=O) groups excluding carboxylic acids is 3. The highest BCUT2D eigenvalue weighted by Crippen LogP contribution is 2.32. The normalized spacial score (nSPS) is 18.3.